The summed E-state index contributed by atoms with van der Waals surface area (Å²) in [6.45, 7) is 0.358. The van der Waals surface area contributed by atoms with Crippen LogP contribution in [0.3, 0.4) is 0 Å². The highest BCUT2D eigenvalue weighted by atomic mass is 16.5. The van der Waals surface area contributed by atoms with Crippen LogP contribution in [0.25, 0.3) is 39.0 Å². The first-order valence-electron chi connectivity index (χ1n) is 14.5. The zero-order valence-electron chi connectivity index (χ0n) is 24.6. The average Bonchev–Trinajstić information content (AvgIpc) is 3.59. The number of aromatic nitrogens is 4. The second kappa shape index (κ2) is 11.9. The van der Waals surface area contributed by atoms with Gasteiger partial charge >= 0.3 is 5.97 Å². The average molecular weight is 578 g/mol. The summed E-state index contributed by atoms with van der Waals surface area (Å²) in [5.41, 5.74) is 6.53. The van der Waals surface area contributed by atoms with Crippen molar-refractivity contribution in [2.45, 2.75) is 38.3 Å². The molecule has 3 aromatic carbocycles. The van der Waals surface area contributed by atoms with E-state index in [1.165, 1.54) is 13.2 Å². The molecule has 0 bridgehead atoms. The molecule has 0 radical (unpaired) electrons. The number of benzene rings is 3. The number of aryl methyl sites for hydroxylation is 2. The van der Waals surface area contributed by atoms with E-state index < -0.39 is 12.1 Å². The minimum absolute atomic E-state index is 0.0192. The fourth-order valence-electron chi connectivity index (χ4n) is 6.01. The molecule has 2 aromatic heterocycles. The van der Waals surface area contributed by atoms with Crippen LogP contribution >= 0.6 is 0 Å². The number of aliphatic hydroxyl groups excluding tert-OH is 1. The second-order valence-electron chi connectivity index (χ2n) is 11.3. The smallest absolute Gasteiger partial charge is 0.330 e. The van der Waals surface area contributed by atoms with Crippen molar-refractivity contribution < 1.29 is 19.4 Å². The minimum atomic E-state index is -0.473. The molecule has 1 fully saturated rings. The Balaban J connectivity index is 1.36. The van der Waals surface area contributed by atoms with E-state index in [-0.39, 0.29) is 11.8 Å². The Morgan fingerprint density at radius 1 is 0.977 bits per heavy atom. The van der Waals surface area contributed by atoms with Crippen LogP contribution in [-0.2, 0) is 35.0 Å². The lowest BCUT2D eigenvalue weighted by Gasteiger charge is -2.31. The summed E-state index contributed by atoms with van der Waals surface area (Å²) < 4.78 is 8.42. The molecule has 1 saturated carbocycles. The van der Waals surface area contributed by atoms with Gasteiger partial charge in [-0.1, -0.05) is 36.8 Å². The fraction of sp³-hybridized carbons (Fsp3) is 0.294. The molecule has 6 rings (SSSR count). The molecule has 1 amide bonds. The molecule has 9 heteroatoms. The Bertz CT molecular complexity index is 1840. The number of methoxy groups -OCH3 is 1. The van der Waals surface area contributed by atoms with Crippen LogP contribution in [0.1, 0.15) is 36.8 Å². The number of amides is 1. The molecule has 220 valence electrons. The standard InChI is InChI=1S/C34H35N5O4/c1-37-31-13-11-24(15-27(31)19-35-37)23-9-7-22(8-10-23)21-39(34(42)26-5-4-6-29(40)17-26)28-16-25(12-14-33(41)43-3)30-20-36-38(2)32(30)18-28/h7-16,18-20,26,29,40H,4-6,17,21H2,1-3H3/b14-12+. The number of carbonyl (C=O) groups excluding carboxylic acids is 2. The number of aliphatic hydroxyl groups is 1. The second-order valence-corrected chi connectivity index (χ2v) is 11.3. The van der Waals surface area contributed by atoms with E-state index in [2.05, 4.69) is 52.7 Å². The molecule has 1 N–H and O–H groups in total. The molecule has 5 aromatic rings. The van der Waals surface area contributed by atoms with Crippen LogP contribution < -0.4 is 4.90 Å². The van der Waals surface area contributed by atoms with Crippen LogP contribution in [0.15, 0.2) is 73.1 Å². The van der Waals surface area contributed by atoms with Crippen molar-refractivity contribution >= 4 is 45.4 Å². The number of fused-ring (bicyclic) bond motifs is 2. The number of hydrogen-bond donors (Lipinski definition) is 1. The lowest BCUT2D eigenvalue weighted by molar-refractivity contribution is -0.134. The number of ether oxygens (including phenoxy) is 1. The van der Waals surface area contributed by atoms with E-state index in [0.717, 1.165) is 63.3 Å². The fourth-order valence-corrected chi connectivity index (χ4v) is 6.01. The Morgan fingerprint density at radius 3 is 2.49 bits per heavy atom. The van der Waals surface area contributed by atoms with Crippen molar-refractivity contribution in [2.24, 2.45) is 20.0 Å². The summed E-state index contributed by atoms with van der Waals surface area (Å²) >= 11 is 0. The summed E-state index contributed by atoms with van der Waals surface area (Å²) in [7, 11) is 5.12. The monoisotopic (exact) mass is 577 g/mol. The Labute approximate surface area is 250 Å². The van der Waals surface area contributed by atoms with Crippen molar-refractivity contribution in [3.63, 3.8) is 0 Å². The molecular formula is C34H35N5O4. The molecule has 2 unspecified atom stereocenters. The van der Waals surface area contributed by atoms with Crippen LogP contribution in [-0.4, -0.2) is 49.8 Å². The zero-order chi connectivity index (χ0) is 30.1. The lowest BCUT2D eigenvalue weighted by atomic mass is 9.86. The van der Waals surface area contributed by atoms with Crippen LogP contribution in [0.4, 0.5) is 5.69 Å². The first kappa shape index (κ1) is 28.4. The molecule has 2 atom stereocenters. The summed E-state index contributed by atoms with van der Waals surface area (Å²) in [6.07, 6.45) is 8.94. The summed E-state index contributed by atoms with van der Waals surface area (Å²) in [4.78, 5) is 27.9. The largest absolute Gasteiger partial charge is 0.466 e. The molecule has 9 nitrogen and oxygen atoms in total. The topological polar surface area (TPSA) is 102 Å². The van der Waals surface area contributed by atoms with Gasteiger partial charge in [0.1, 0.15) is 0 Å². The maximum atomic E-state index is 14.1. The van der Waals surface area contributed by atoms with E-state index in [0.29, 0.717) is 18.7 Å². The summed E-state index contributed by atoms with van der Waals surface area (Å²) in [6, 6.07) is 18.4. The predicted molar refractivity (Wildman–Crippen MR) is 167 cm³/mol. The lowest BCUT2D eigenvalue weighted by Crippen LogP contribution is -2.38. The minimum Gasteiger partial charge on any atom is -0.466 e. The van der Waals surface area contributed by atoms with Crippen molar-refractivity contribution in [3.8, 4) is 11.1 Å². The van der Waals surface area contributed by atoms with Gasteiger partial charge < -0.3 is 14.7 Å². The van der Waals surface area contributed by atoms with Gasteiger partial charge in [-0.3, -0.25) is 14.2 Å². The molecule has 2 heterocycles. The molecule has 1 aliphatic rings. The van der Waals surface area contributed by atoms with Crippen molar-refractivity contribution in [1.82, 2.24) is 19.6 Å². The molecule has 0 saturated heterocycles. The highest BCUT2D eigenvalue weighted by Gasteiger charge is 2.31. The van der Waals surface area contributed by atoms with Crippen molar-refractivity contribution in [3.05, 3.63) is 84.2 Å². The van der Waals surface area contributed by atoms with Gasteiger partial charge in [-0.15, -0.1) is 0 Å². The highest BCUT2D eigenvalue weighted by Crippen LogP contribution is 2.33. The van der Waals surface area contributed by atoms with Crippen LogP contribution in [0, 0.1) is 5.92 Å². The SMILES string of the molecule is COC(=O)/C=C/c1cc(N(Cc2ccc(-c3ccc4c(cnn4C)c3)cc2)C(=O)C2CCCC(O)C2)cc2c1cnn2C. The van der Waals surface area contributed by atoms with Crippen molar-refractivity contribution in [1.29, 1.82) is 0 Å². The summed E-state index contributed by atoms with van der Waals surface area (Å²) in [5, 5.41) is 21.1. The van der Waals surface area contributed by atoms with Gasteiger partial charge in [0.05, 0.1) is 43.2 Å². The van der Waals surface area contributed by atoms with E-state index in [1.807, 2.05) is 37.1 Å². The van der Waals surface area contributed by atoms with Gasteiger partial charge in [-0.05, 0) is 71.9 Å². The third-order valence-corrected chi connectivity index (χ3v) is 8.43. The first-order valence-corrected chi connectivity index (χ1v) is 14.5. The van der Waals surface area contributed by atoms with Gasteiger partial charge in [0.2, 0.25) is 5.91 Å². The third kappa shape index (κ3) is 5.81. The normalized spacial score (nSPS) is 17.1. The number of esters is 1. The maximum Gasteiger partial charge on any atom is 0.330 e. The highest BCUT2D eigenvalue weighted by molar-refractivity contribution is 6.00. The number of carbonyl (C=O) groups is 2. The molecule has 0 spiro atoms. The maximum absolute atomic E-state index is 14.1. The number of anilines is 1. The number of hydrogen-bond acceptors (Lipinski definition) is 6. The Kier molecular flexibility index (Phi) is 7.82. The molecule has 1 aliphatic carbocycles. The van der Waals surface area contributed by atoms with Crippen LogP contribution in [0.5, 0.6) is 0 Å². The number of nitrogens with zero attached hydrogens (tertiary/aromatic N) is 5. The zero-order valence-corrected chi connectivity index (χ0v) is 24.6. The van der Waals surface area contributed by atoms with Gasteiger partial charge in [-0.25, -0.2) is 4.79 Å². The van der Waals surface area contributed by atoms with Crippen molar-refractivity contribution in [2.75, 3.05) is 12.0 Å². The Hall–Kier alpha value is -4.76. The van der Waals surface area contributed by atoms with E-state index in [1.54, 1.807) is 21.9 Å². The van der Waals surface area contributed by atoms with E-state index in [4.69, 9.17) is 4.74 Å². The quantitative estimate of drug-likeness (QED) is 0.205. The van der Waals surface area contributed by atoms with Gasteiger partial charge in [0, 0.05) is 42.5 Å². The number of rotatable bonds is 7. The molecule has 0 aliphatic heterocycles. The Morgan fingerprint density at radius 2 is 1.72 bits per heavy atom. The predicted octanol–water partition coefficient (Wildman–Crippen LogP) is 5.40. The van der Waals surface area contributed by atoms with Gasteiger partial charge in [0.15, 0.2) is 0 Å². The van der Waals surface area contributed by atoms with Gasteiger partial charge in [0.25, 0.3) is 0 Å². The van der Waals surface area contributed by atoms with E-state index >= 15 is 0 Å². The molecule has 43 heavy (non-hydrogen) atoms. The third-order valence-electron chi connectivity index (χ3n) is 8.43. The van der Waals surface area contributed by atoms with Gasteiger partial charge in [-0.2, -0.15) is 10.2 Å². The van der Waals surface area contributed by atoms with Crippen LogP contribution in [0.2, 0.25) is 0 Å². The summed E-state index contributed by atoms with van der Waals surface area (Å²) in [5.74, 6) is -0.755. The van der Waals surface area contributed by atoms with E-state index in [9.17, 15) is 14.7 Å². The first-order chi connectivity index (χ1) is 20.8. The molecular weight excluding hydrogens is 542 g/mol.